The van der Waals surface area contributed by atoms with Crippen LogP contribution in [0.25, 0.3) is 10.6 Å². The fourth-order valence-corrected chi connectivity index (χ4v) is 3.16. The van der Waals surface area contributed by atoms with E-state index in [0.29, 0.717) is 6.07 Å². The number of thiazole rings is 1. The molecule has 5 nitrogen and oxygen atoms in total. The summed E-state index contributed by atoms with van der Waals surface area (Å²) in [5, 5.41) is 3.52. The fourth-order valence-electron chi connectivity index (χ4n) is 2.17. The molecular formula is C18H15F2N3O2S. The van der Waals surface area contributed by atoms with E-state index >= 15 is 0 Å². The van der Waals surface area contributed by atoms with Gasteiger partial charge in [0.1, 0.15) is 10.8 Å². The highest BCUT2D eigenvalue weighted by Crippen LogP contribution is 2.27. The Morgan fingerprint density at radius 1 is 1.31 bits per heavy atom. The summed E-state index contributed by atoms with van der Waals surface area (Å²) in [4.78, 5) is 21.4. The van der Waals surface area contributed by atoms with Gasteiger partial charge < -0.3 is 10.1 Å². The molecule has 2 heterocycles. The van der Waals surface area contributed by atoms with E-state index in [1.807, 2.05) is 19.1 Å². The summed E-state index contributed by atoms with van der Waals surface area (Å²) in [6.07, 6.45) is 3.42. The lowest BCUT2D eigenvalue weighted by molar-refractivity contribution is -0.123. The number of ether oxygens (including phenoxy) is 1. The maximum atomic E-state index is 13.5. The van der Waals surface area contributed by atoms with Gasteiger partial charge in [-0.2, -0.15) is 0 Å². The molecule has 0 aliphatic carbocycles. The molecule has 0 saturated carbocycles. The first-order valence-electron chi connectivity index (χ1n) is 7.74. The van der Waals surface area contributed by atoms with Gasteiger partial charge in [-0.1, -0.05) is 0 Å². The van der Waals surface area contributed by atoms with E-state index < -0.39 is 17.5 Å². The van der Waals surface area contributed by atoms with Gasteiger partial charge in [-0.15, -0.1) is 11.3 Å². The van der Waals surface area contributed by atoms with Crippen molar-refractivity contribution in [2.24, 2.45) is 0 Å². The summed E-state index contributed by atoms with van der Waals surface area (Å²) < 4.78 is 31.4. The highest BCUT2D eigenvalue weighted by atomic mass is 32.1. The van der Waals surface area contributed by atoms with E-state index in [2.05, 4.69) is 15.3 Å². The molecule has 0 spiro atoms. The molecule has 0 bridgehead atoms. The lowest BCUT2D eigenvalue weighted by atomic mass is 10.3. The Morgan fingerprint density at radius 3 is 2.88 bits per heavy atom. The maximum absolute atomic E-state index is 13.5. The average molecular weight is 375 g/mol. The molecule has 0 aliphatic heterocycles. The summed E-state index contributed by atoms with van der Waals surface area (Å²) in [6, 6.07) is 6.66. The first-order valence-corrected chi connectivity index (χ1v) is 8.56. The van der Waals surface area contributed by atoms with Crippen molar-refractivity contribution >= 4 is 17.2 Å². The van der Waals surface area contributed by atoms with E-state index in [1.54, 1.807) is 12.4 Å². The second kappa shape index (κ2) is 8.01. The highest BCUT2D eigenvalue weighted by Gasteiger charge is 2.12. The van der Waals surface area contributed by atoms with Crippen molar-refractivity contribution in [2.45, 2.75) is 13.5 Å². The number of benzene rings is 1. The summed E-state index contributed by atoms with van der Waals surface area (Å²) in [5.41, 5.74) is 1.73. The third-order valence-corrected chi connectivity index (χ3v) is 4.71. The number of amides is 1. The Kier molecular flexibility index (Phi) is 5.52. The number of rotatable bonds is 6. The first kappa shape index (κ1) is 17.9. The van der Waals surface area contributed by atoms with Crippen LogP contribution in [0.1, 0.15) is 10.6 Å². The van der Waals surface area contributed by atoms with Crippen molar-refractivity contribution in [3.05, 3.63) is 64.9 Å². The minimum absolute atomic E-state index is 0.172. The van der Waals surface area contributed by atoms with Crippen molar-refractivity contribution in [3.63, 3.8) is 0 Å². The van der Waals surface area contributed by atoms with Crippen LogP contribution in [0.3, 0.4) is 0 Å². The van der Waals surface area contributed by atoms with Gasteiger partial charge in [0, 0.05) is 28.9 Å². The van der Waals surface area contributed by atoms with Gasteiger partial charge in [0.25, 0.3) is 5.91 Å². The predicted octanol–water partition coefficient (Wildman–Crippen LogP) is 3.49. The standard InChI is InChI=1S/C18H15F2N3O2S/c1-11-16(26-18(23-11)12-3-2-6-21-8-12)9-22-17(24)10-25-15-5-4-13(19)7-14(15)20/h2-8H,9-10H2,1H3,(H,22,24). The molecule has 0 unspecified atom stereocenters. The van der Waals surface area contributed by atoms with Crippen LogP contribution in [-0.4, -0.2) is 22.5 Å². The van der Waals surface area contributed by atoms with Gasteiger partial charge in [0.2, 0.25) is 0 Å². The van der Waals surface area contributed by atoms with E-state index in [1.165, 1.54) is 11.3 Å². The zero-order valence-electron chi connectivity index (χ0n) is 13.8. The molecule has 0 saturated heterocycles. The van der Waals surface area contributed by atoms with Crippen molar-refractivity contribution in [2.75, 3.05) is 6.61 Å². The SMILES string of the molecule is Cc1nc(-c2cccnc2)sc1CNC(=O)COc1ccc(F)cc1F. The molecule has 0 aliphatic rings. The smallest absolute Gasteiger partial charge is 0.258 e. The van der Waals surface area contributed by atoms with Crippen LogP contribution >= 0.6 is 11.3 Å². The number of nitrogens with zero attached hydrogens (tertiary/aromatic N) is 2. The van der Waals surface area contributed by atoms with Crippen LogP contribution in [0.15, 0.2) is 42.7 Å². The van der Waals surface area contributed by atoms with Crippen LogP contribution < -0.4 is 10.1 Å². The van der Waals surface area contributed by atoms with Crippen molar-refractivity contribution in [3.8, 4) is 16.3 Å². The summed E-state index contributed by atoms with van der Waals surface area (Å²) in [6.45, 7) is 1.79. The molecule has 0 radical (unpaired) electrons. The summed E-state index contributed by atoms with van der Waals surface area (Å²) in [5.74, 6) is -2.14. The van der Waals surface area contributed by atoms with Gasteiger partial charge in [0.05, 0.1) is 12.2 Å². The van der Waals surface area contributed by atoms with E-state index in [0.717, 1.165) is 33.3 Å². The monoisotopic (exact) mass is 375 g/mol. The van der Waals surface area contributed by atoms with Gasteiger partial charge in [-0.05, 0) is 31.2 Å². The summed E-state index contributed by atoms with van der Waals surface area (Å²) in [7, 11) is 0. The molecule has 1 aromatic carbocycles. The molecule has 3 aromatic rings. The minimum atomic E-state index is -0.850. The number of hydrogen-bond donors (Lipinski definition) is 1. The highest BCUT2D eigenvalue weighted by molar-refractivity contribution is 7.15. The Morgan fingerprint density at radius 2 is 2.15 bits per heavy atom. The van der Waals surface area contributed by atoms with Gasteiger partial charge in [0.15, 0.2) is 18.2 Å². The molecule has 8 heteroatoms. The zero-order chi connectivity index (χ0) is 18.5. The second-order valence-corrected chi connectivity index (χ2v) is 6.49. The van der Waals surface area contributed by atoms with Crippen LogP contribution in [0.2, 0.25) is 0 Å². The largest absolute Gasteiger partial charge is 0.481 e. The number of carbonyl (C=O) groups excluding carboxylic acids is 1. The Bertz CT molecular complexity index is 916. The van der Waals surface area contributed by atoms with Gasteiger partial charge in [-0.25, -0.2) is 13.8 Å². The minimum Gasteiger partial charge on any atom is -0.481 e. The number of nitrogens with one attached hydrogen (secondary N) is 1. The van der Waals surface area contributed by atoms with E-state index in [-0.39, 0.29) is 18.9 Å². The topological polar surface area (TPSA) is 64.1 Å². The maximum Gasteiger partial charge on any atom is 0.258 e. The molecule has 0 atom stereocenters. The molecule has 1 amide bonds. The fraction of sp³-hybridized carbons (Fsp3) is 0.167. The van der Waals surface area contributed by atoms with Crippen LogP contribution in [0, 0.1) is 18.6 Å². The van der Waals surface area contributed by atoms with Gasteiger partial charge >= 0.3 is 0 Å². The molecule has 3 rings (SSSR count). The number of carbonyl (C=O) groups is 1. The predicted molar refractivity (Wildman–Crippen MR) is 93.8 cm³/mol. The molecule has 1 N–H and O–H groups in total. The second-order valence-electron chi connectivity index (χ2n) is 5.41. The number of aromatic nitrogens is 2. The number of aryl methyl sites for hydroxylation is 1. The zero-order valence-corrected chi connectivity index (χ0v) is 14.6. The van der Waals surface area contributed by atoms with E-state index in [4.69, 9.17) is 4.74 Å². The van der Waals surface area contributed by atoms with Crippen LogP contribution in [-0.2, 0) is 11.3 Å². The summed E-state index contributed by atoms with van der Waals surface area (Å²) >= 11 is 1.46. The molecule has 2 aromatic heterocycles. The third kappa shape index (κ3) is 4.40. The first-order chi connectivity index (χ1) is 12.5. The van der Waals surface area contributed by atoms with Gasteiger partial charge in [-0.3, -0.25) is 9.78 Å². The Labute approximate surface area is 152 Å². The lowest BCUT2D eigenvalue weighted by Gasteiger charge is -2.07. The van der Waals surface area contributed by atoms with Crippen molar-refractivity contribution in [1.29, 1.82) is 0 Å². The molecule has 26 heavy (non-hydrogen) atoms. The normalized spacial score (nSPS) is 10.6. The van der Waals surface area contributed by atoms with Crippen molar-refractivity contribution in [1.82, 2.24) is 15.3 Å². The van der Waals surface area contributed by atoms with E-state index in [9.17, 15) is 13.6 Å². The Balaban J connectivity index is 1.55. The van der Waals surface area contributed by atoms with Crippen molar-refractivity contribution < 1.29 is 18.3 Å². The number of pyridine rings is 1. The molecule has 0 fully saturated rings. The quantitative estimate of drug-likeness (QED) is 0.716. The van der Waals surface area contributed by atoms with Crippen LogP contribution in [0.5, 0.6) is 5.75 Å². The average Bonchev–Trinajstić information content (AvgIpc) is 3.01. The third-order valence-electron chi connectivity index (χ3n) is 3.50. The Hall–Kier alpha value is -2.87. The van der Waals surface area contributed by atoms with Crippen LogP contribution in [0.4, 0.5) is 8.78 Å². The lowest BCUT2D eigenvalue weighted by Crippen LogP contribution is -2.28. The molecule has 134 valence electrons. The number of hydrogen-bond acceptors (Lipinski definition) is 5. The molecular weight excluding hydrogens is 360 g/mol. The number of halogens is 2.